The van der Waals surface area contributed by atoms with Gasteiger partial charge in [-0.3, -0.25) is 0 Å². The smallest absolute Gasteiger partial charge is 0.374 e. The molecule has 0 saturated carbocycles. The summed E-state index contributed by atoms with van der Waals surface area (Å²) in [5.41, 5.74) is 1.93. The number of fused-ring (bicyclic) bond motifs is 1. The number of benzene rings is 1. The zero-order chi connectivity index (χ0) is 14.3. The Morgan fingerprint density at radius 1 is 1.40 bits per heavy atom. The van der Waals surface area contributed by atoms with Crippen molar-refractivity contribution in [2.75, 3.05) is 6.79 Å². The van der Waals surface area contributed by atoms with Crippen LogP contribution in [-0.4, -0.2) is 23.0 Å². The SMILES string of the molecule is CCc1c(-c2cc(C(=O)O)on2)cc(Cl)c2c1OCO2. The number of aromatic carboxylic acids is 1. The van der Waals surface area contributed by atoms with E-state index < -0.39 is 5.97 Å². The van der Waals surface area contributed by atoms with E-state index in [-0.39, 0.29) is 12.6 Å². The van der Waals surface area contributed by atoms with E-state index in [2.05, 4.69) is 5.16 Å². The van der Waals surface area contributed by atoms with E-state index in [1.54, 1.807) is 6.07 Å². The highest BCUT2D eigenvalue weighted by molar-refractivity contribution is 6.32. The van der Waals surface area contributed by atoms with Gasteiger partial charge >= 0.3 is 5.97 Å². The molecule has 0 atom stereocenters. The molecule has 0 saturated heterocycles. The summed E-state index contributed by atoms with van der Waals surface area (Å²) in [6.07, 6.45) is 0.660. The van der Waals surface area contributed by atoms with E-state index in [1.807, 2.05) is 6.92 Å². The third-order valence-corrected chi connectivity index (χ3v) is 3.33. The van der Waals surface area contributed by atoms with Gasteiger partial charge in [0.15, 0.2) is 11.5 Å². The fraction of sp³-hybridized carbons (Fsp3) is 0.231. The number of carbonyl (C=O) groups is 1. The average Bonchev–Trinajstić information content (AvgIpc) is 3.07. The monoisotopic (exact) mass is 295 g/mol. The topological polar surface area (TPSA) is 81.8 Å². The Morgan fingerprint density at radius 2 is 2.15 bits per heavy atom. The lowest BCUT2D eigenvalue weighted by Gasteiger charge is -2.09. The molecule has 0 aliphatic carbocycles. The standard InChI is InChI=1S/C13H10ClNO5/c1-2-6-7(9-4-10(13(16)17)20-15-9)3-8(14)12-11(6)18-5-19-12/h3-4H,2,5H2,1H3,(H,16,17). The minimum atomic E-state index is -1.17. The Hall–Kier alpha value is -2.21. The molecule has 6 nitrogen and oxygen atoms in total. The van der Waals surface area contributed by atoms with Gasteiger partial charge in [0.25, 0.3) is 0 Å². The van der Waals surface area contributed by atoms with E-state index in [4.69, 9.17) is 30.7 Å². The molecule has 0 spiro atoms. The molecule has 1 aromatic carbocycles. The minimum Gasteiger partial charge on any atom is -0.475 e. The van der Waals surface area contributed by atoms with Crippen molar-refractivity contribution in [1.29, 1.82) is 0 Å². The number of ether oxygens (including phenoxy) is 2. The Morgan fingerprint density at radius 3 is 2.80 bits per heavy atom. The van der Waals surface area contributed by atoms with Gasteiger partial charge in [-0.25, -0.2) is 4.79 Å². The molecule has 2 heterocycles. The lowest BCUT2D eigenvalue weighted by Crippen LogP contribution is -1.95. The zero-order valence-electron chi connectivity index (χ0n) is 10.5. The van der Waals surface area contributed by atoms with E-state index >= 15 is 0 Å². The molecule has 0 amide bonds. The number of rotatable bonds is 3. The van der Waals surface area contributed by atoms with E-state index in [0.29, 0.717) is 34.2 Å². The first-order valence-electron chi connectivity index (χ1n) is 5.93. The van der Waals surface area contributed by atoms with Gasteiger partial charge in [0, 0.05) is 17.2 Å². The Balaban J connectivity index is 2.17. The summed E-state index contributed by atoms with van der Waals surface area (Å²) in [5, 5.41) is 13.0. The Bertz CT molecular complexity index is 694. The summed E-state index contributed by atoms with van der Waals surface area (Å²) >= 11 is 6.14. The summed E-state index contributed by atoms with van der Waals surface area (Å²) in [6, 6.07) is 3.03. The first-order chi connectivity index (χ1) is 9.61. The van der Waals surface area contributed by atoms with Crippen LogP contribution in [0, 0.1) is 0 Å². The third-order valence-electron chi connectivity index (χ3n) is 3.05. The normalized spacial score (nSPS) is 12.7. The molecule has 0 bridgehead atoms. The molecule has 20 heavy (non-hydrogen) atoms. The minimum absolute atomic E-state index is 0.116. The highest BCUT2D eigenvalue weighted by atomic mass is 35.5. The molecule has 1 aromatic heterocycles. The van der Waals surface area contributed by atoms with Crippen LogP contribution in [0.3, 0.4) is 0 Å². The fourth-order valence-electron chi connectivity index (χ4n) is 2.16. The van der Waals surface area contributed by atoms with Crippen LogP contribution in [0.25, 0.3) is 11.3 Å². The van der Waals surface area contributed by atoms with E-state index in [9.17, 15) is 4.79 Å². The lowest BCUT2D eigenvalue weighted by atomic mass is 10.0. The maximum Gasteiger partial charge on any atom is 0.374 e. The zero-order valence-corrected chi connectivity index (χ0v) is 11.2. The van der Waals surface area contributed by atoms with Crippen molar-refractivity contribution >= 4 is 17.6 Å². The van der Waals surface area contributed by atoms with Crippen LogP contribution in [-0.2, 0) is 6.42 Å². The lowest BCUT2D eigenvalue weighted by molar-refractivity contribution is 0.0652. The molecule has 0 radical (unpaired) electrons. The molecule has 104 valence electrons. The van der Waals surface area contributed by atoms with Crippen LogP contribution < -0.4 is 9.47 Å². The first-order valence-corrected chi connectivity index (χ1v) is 6.31. The number of carboxylic acid groups (broad SMARTS) is 1. The predicted molar refractivity (Wildman–Crippen MR) is 69.4 cm³/mol. The van der Waals surface area contributed by atoms with E-state index in [1.165, 1.54) is 6.07 Å². The molecular formula is C13H10ClNO5. The maximum atomic E-state index is 10.8. The molecule has 3 rings (SSSR count). The Kier molecular flexibility index (Phi) is 3.02. The largest absolute Gasteiger partial charge is 0.475 e. The molecule has 2 aromatic rings. The quantitative estimate of drug-likeness (QED) is 0.937. The highest BCUT2D eigenvalue weighted by Crippen LogP contribution is 2.46. The first kappa shape index (κ1) is 12.8. The van der Waals surface area contributed by atoms with Crippen molar-refractivity contribution in [2.24, 2.45) is 0 Å². The molecule has 1 N–H and O–H groups in total. The van der Waals surface area contributed by atoms with Gasteiger partial charge in [-0.15, -0.1) is 0 Å². The number of aromatic nitrogens is 1. The van der Waals surface area contributed by atoms with Gasteiger partial charge in [0.05, 0.1) is 5.02 Å². The molecule has 7 heteroatoms. The van der Waals surface area contributed by atoms with Crippen molar-refractivity contribution < 1.29 is 23.9 Å². The van der Waals surface area contributed by atoms with Crippen LogP contribution >= 0.6 is 11.6 Å². The van der Waals surface area contributed by atoms with Crippen molar-refractivity contribution in [3.05, 3.63) is 28.5 Å². The van der Waals surface area contributed by atoms with E-state index in [0.717, 1.165) is 5.56 Å². The van der Waals surface area contributed by atoms with Gasteiger partial charge in [-0.1, -0.05) is 23.7 Å². The second-order valence-electron chi connectivity index (χ2n) is 4.18. The van der Waals surface area contributed by atoms with Gasteiger partial charge in [0.1, 0.15) is 5.69 Å². The summed E-state index contributed by atoms with van der Waals surface area (Å²) in [5.74, 6) is -0.312. The average molecular weight is 296 g/mol. The number of hydrogen-bond acceptors (Lipinski definition) is 5. The van der Waals surface area contributed by atoms with Crippen molar-refractivity contribution in [3.63, 3.8) is 0 Å². The van der Waals surface area contributed by atoms with Crippen molar-refractivity contribution in [3.8, 4) is 22.8 Å². The van der Waals surface area contributed by atoms with Gasteiger partial charge < -0.3 is 19.1 Å². The molecule has 0 fully saturated rings. The Labute approximate surface area is 118 Å². The maximum absolute atomic E-state index is 10.8. The summed E-state index contributed by atoms with van der Waals surface area (Å²) < 4.78 is 15.5. The van der Waals surface area contributed by atoms with Crippen LogP contribution in [0.5, 0.6) is 11.5 Å². The second-order valence-corrected chi connectivity index (χ2v) is 4.59. The van der Waals surface area contributed by atoms with Crippen LogP contribution in [0.4, 0.5) is 0 Å². The van der Waals surface area contributed by atoms with Gasteiger partial charge in [0.2, 0.25) is 12.6 Å². The number of halogens is 1. The number of nitrogens with zero attached hydrogens (tertiary/aromatic N) is 1. The summed E-state index contributed by atoms with van der Waals surface area (Å²) in [7, 11) is 0. The summed E-state index contributed by atoms with van der Waals surface area (Å²) in [4.78, 5) is 10.8. The van der Waals surface area contributed by atoms with Crippen LogP contribution in [0.2, 0.25) is 5.02 Å². The highest BCUT2D eigenvalue weighted by Gasteiger charge is 2.26. The number of hydrogen-bond donors (Lipinski definition) is 1. The predicted octanol–water partition coefficient (Wildman–Crippen LogP) is 2.98. The summed E-state index contributed by atoms with van der Waals surface area (Å²) in [6.45, 7) is 2.07. The van der Waals surface area contributed by atoms with Gasteiger partial charge in [-0.2, -0.15) is 0 Å². The van der Waals surface area contributed by atoms with Crippen LogP contribution in [0.15, 0.2) is 16.7 Å². The number of carboxylic acids is 1. The molecule has 1 aliphatic heterocycles. The fourth-order valence-corrected chi connectivity index (χ4v) is 2.41. The second kappa shape index (κ2) is 4.72. The van der Waals surface area contributed by atoms with Crippen molar-refractivity contribution in [1.82, 2.24) is 5.16 Å². The third kappa shape index (κ3) is 1.89. The van der Waals surface area contributed by atoms with Gasteiger partial charge in [-0.05, 0) is 12.5 Å². The molecule has 0 unspecified atom stereocenters. The molecule has 1 aliphatic rings. The van der Waals surface area contributed by atoms with Crippen LogP contribution in [0.1, 0.15) is 23.0 Å². The van der Waals surface area contributed by atoms with Crippen molar-refractivity contribution in [2.45, 2.75) is 13.3 Å². The molecular weight excluding hydrogens is 286 g/mol.